The third-order valence-corrected chi connectivity index (χ3v) is 2.87. The van der Waals surface area contributed by atoms with E-state index in [0.29, 0.717) is 4.68 Å². The molecule has 4 nitrogen and oxygen atoms in total. The average molecular weight is 337 g/mol. The van der Waals surface area contributed by atoms with E-state index in [1.54, 1.807) is 0 Å². The molecular formula is C13H9F6N3O. The molecule has 0 saturated carbocycles. The van der Waals surface area contributed by atoms with E-state index in [1.165, 1.54) is 35.6 Å². The number of alkyl halides is 6. The lowest BCUT2D eigenvalue weighted by Gasteiger charge is -2.11. The normalized spacial score (nSPS) is 12.3. The third kappa shape index (κ3) is 3.46. The van der Waals surface area contributed by atoms with Crippen molar-refractivity contribution in [2.24, 2.45) is 7.05 Å². The second-order valence-electron chi connectivity index (χ2n) is 4.51. The van der Waals surface area contributed by atoms with E-state index in [0.717, 1.165) is 7.05 Å². The van der Waals surface area contributed by atoms with E-state index in [1.807, 2.05) is 0 Å². The van der Waals surface area contributed by atoms with Gasteiger partial charge in [-0.3, -0.25) is 9.48 Å². The van der Waals surface area contributed by atoms with E-state index in [-0.39, 0.29) is 5.56 Å². The first-order valence-electron chi connectivity index (χ1n) is 6.09. The second-order valence-corrected chi connectivity index (χ2v) is 4.51. The monoisotopic (exact) mass is 337 g/mol. The van der Waals surface area contributed by atoms with Gasteiger partial charge in [0.25, 0.3) is 0 Å². The lowest BCUT2D eigenvalue weighted by Crippen LogP contribution is -2.30. The smallest absolute Gasteiger partial charge is 0.301 e. The molecule has 0 radical (unpaired) electrons. The van der Waals surface area contributed by atoms with Crippen LogP contribution in [0, 0.1) is 0 Å². The maximum absolute atomic E-state index is 13.2. The van der Waals surface area contributed by atoms with Gasteiger partial charge in [0.1, 0.15) is 0 Å². The third-order valence-electron chi connectivity index (χ3n) is 2.87. The second kappa shape index (κ2) is 5.60. The van der Waals surface area contributed by atoms with Gasteiger partial charge in [-0.1, -0.05) is 30.3 Å². The molecule has 0 spiro atoms. The van der Waals surface area contributed by atoms with Crippen LogP contribution in [0.3, 0.4) is 0 Å². The minimum absolute atomic E-state index is 0.0228. The van der Waals surface area contributed by atoms with Crippen LogP contribution in [0.1, 0.15) is 5.69 Å². The highest BCUT2D eigenvalue weighted by Crippen LogP contribution is 2.41. The van der Waals surface area contributed by atoms with Gasteiger partial charge in [0, 0.05) is 7.05 Å². The lowest BCUT2D eigenvalue weighted by molar-refractivity contribution is -0.167. The van der Waals surface area contributed by atoms with Crippen LogP contribution in [0.4, 0.5) is 32.2 Å². The number of carbonyl (C=O) groups excluding carboxylic acids is 1. The molecular weight excluding hydrogens is 328 g/mol. The molecule has 1 aromatic carbocycles. The summed E-state index contributed by atoms with van der Waals surface area (Å²) in [5, 5.41) is 4.76. The first-order chi connectivity index (χ1) is 10.5. The SMILES string of the molecule is Cn1nc(NC(=O)C(F)(F)F)c(-c2ccccc2)c1C(F)(F)F. The maximum Gasteiger partial charge on any atom is 0.471 e. The summed E-state index contributed by atoms with van der Waals surface area (Å²) in [5.74, 6) is -3.21. The van der Waals surface area contributed by atoms with Crippen LogP contribution in [0.2, 0.25) is 0 Å². The molecule has 0 fully saturated rings. The fourth-order valence-corrected chi connectivity index (χ4v) is 1.99. The first kappa shape index (κ1) is 16.8. The Labute approximate surface area is 125 Å². The highest BCUT2D eigenvalue weighted by molar-refractivity contribution is 5.98. The summed E-state index contributed by atoms with van der Waals surface area (Å²) in [7, 11) is 0.929. The zero-order valence-electron chi connectivity index (χ0n) is 11.5. The van der Waals surface area contributed by atoms with Crippen molar-refractivity contribution in [3.63, 3.8) is 0 Å². The lowest BCUT2D eigenvalue weighted by atomic mass is 10.0. The molecule has 2 rings (SSSR count). The molecule has 1 amide bonds. The van der Waals surface area contributed by atoms with Crippen LogP contribution in [0.25, 0.3) is 11.1 Å². The van der Waals surface area contributed by atoms with Crippen LogP contribution >= 0.6 is 0 Å². The molecule has 124 valence electrons. The Hall–Kier alpha value is -2.52. The number of hydrogen-bond acceptors (Lipinski definition) is 2. The standard InChI is InChI=1S/C13H9F6N3O/c1-22-9(12(14,15)16)8(7-5-3-2-4-6-7)10(21-22)20-11(23)13(17,18)19/h2-6H,1H3,(H,20,21,23). The van der Waals surface area contributed by atoms with E-state index >= 15 is 0 Å². The minimum atomic E-state index is -5.25. The highest BCUT2D eigenvalue weighted by Gasteiger charge is 2.43. The zero-order chi connectivity index (χ0) is 17.4. The maximum atomic E-state index is 13.2. The van der Waals surface area contributed by atoms with Crippen molar-refractivity contribution in [3.05, 3.63) is 36.0 Å². The first-order valence-corrected chi connectivity index (χ1v) is 6.09. The Bertz CT molecular complexity index is 718. The molecule has 0 aliphatic carbocycles. The largest absolute Gasteiger partial charge is 0.471 e. The molecule has 1 N–H and O–H groups in total. The number of aromatic nitrogens is 2. The van der Waals surface area contributed by atoms with Crippen LogP contribution < -0.4 is 5.32 Å². The number of nitrogens with zero attached hydrogens (tertiary/aromatic N) is 2. The van der Waals surface area contributed by atoms with Crippen LogP contribution in [-0.4, -0.2) is 21.9 Å². The Kier molecular flexibility index (Phi) is 4.10. The molecule has 10 heteroatoms. The number of carbonyl (C=O) groups is 1. The van der Waals surface area contributed by atoms with Crippen molar-refractivity contribution in [2.45, 2.75) is 12.4 Å². The summed E-state index contributed by atoms with van der Waals surface area (Å²) in [5.41, 5.74) is -1.91. The predicted molar refractivity (Wildman–Crippen MR) is 68.3 cm³/mol. The van der Waals surface area contributed by atoms with Crippen molar-refractivity contribution >= 4 is 11.7 Å². The quantitative estimate of drug-likeness (QED) is 0.851. The number of amides is 1. The fourth-order valence-electron chi connectivity index (χ4n) is 1.99. The van der Waals surface area contributed by atoms with Crippen molar-refractivity contribution in [3.8, 4) is 11.1 Å². The number of rotatable bonds is 2. The van der Waals surface area contributed by atoms with Gasteiger partial charge in [0.05, 0.1) is 5.56 Å². The summed E-state index contributed by atoms with van der Waals surface area (Å²) in [6, 6.07) is 6.90. The Morgan fingerprint density at radius 2 is 1.65 bits per heavy atom. The number of aryl methyl sites for hydroxylation is 1. The Morgan fingerprint density at radius 1 is 1.09 bits per heavy atom. The van der Waals surface area contributed by atoms with Crippen LogP contribution in [0.15, 0.2) is 30.3 Å². The molecule has 0 atom stereocenters. The number of halogens is 6. The molecule has 23 heavy (non-hydrogen) atoms. The van der Waals surface area contributed by atoms with E-state index in [2.05, 4.69) is 5.10 Å². The van der Waals surface area contributed by atoms with E-state index in [9.17, 15) is 31.1 Å². The predicted octanol–water partition coefficient (Wildman–Crippen LogP) is 3.61. The van der Waals surface area contributed by atoms with Gasteiger partial charge in [-0.05, 0) is 5.56 Å². The topological polar surface area (TPSA) is 46.9 Å². The number of hydrogen-bond donors (Lipinski definition) is 1. The molecule has 0 bridgehead atoms. The molecule has 1 aromatic heterocycles. The van der Waals surface area contributed by atoms with E-state index in [4.69, 9.17) is 0 Å². The summed E-state index contributed by atoms with van der Waals surface area (Å²) in [4.78, 5) is 11.0. The van der Waals surface area contributed by atoms with Gasteiger partial charge >= 0.3 is 18.3 Å². The number of nitrogens with one attached hydrogen (secondary N) is 1. The van der Waals surface area contributed by atoms with E-state index < -0.39 is 35.3 Å². The Balaban J connectivity index is 2.62. The fraction of sp³-hybridized carbons (Fsp3) is 0.231. The molecule has 1 heterocycles. The van der Waals surface area contributed by atoms with Crippen molar-refractivity contribution in [1.82, 2.24) is 9.78 Å². The van der Waals surface area contributed by atoms with Crippen molar-refractivity contribution in [1.29, 1.82) is 0 Å². The summed E-state index contributed by atoms with van der Waals surface area (Å²) in [6.07, 6.45) is -10.1. The summed E-state index contributed by atoms with van der Waals surface area (Å²) < 4.78 is 77.0. The zero-order valence-corrected chi connectivity index (χ0v) is 11.5. The molecule has 0 aliphatic rings. The minimum Gasteiger partial charge on any atom is -0.301 e. The van der Waals surface area contributed by atoms with Crippen molar-refractivity contribution in [2.75, 3.05) is 5.32 Å². The van der Waals surface area contributed by atoms with Crippen molar-refractivity contribution < 1.29 is 31.1 Å². The van der Waals surface area contributed by atoms with Gasteiger partial charge in [0.2, 0.25) is 0 Å². The van der Waals surface area contributed by atoms with Gasteiger partial charge in [-0.15, -0.1) is 0 Å². The molecule has 0 aliphatic heterocycles. The van der Waals surface area contributed by atoms with Crippen LogP contribution in [-0.2, 0) is 18.0 Å². The molecule has 2 aromatic rings. The number of benzene rings is 1. The van der Waals surface area contributed by atoms with Gasteiger partial charge in [-0.2, -0.15) is 31.4 Å². The average Bonchev–Trinajstić information content (AvgIpc) is 2.75. The summed E-state index contributed by atoms with van der Waals surface area (Å²) >= 11 is 0. The highest BCUT2D eigenvalue weighted by atomic mass is 19.4. The van der Waals surface area contributed by atoms with Crippen LogP contribution in [0.5, 0.6) is 0 Å². The van der Waals surface area contributed by atoms with Gasteiger partial charge in [-0.25, -0.2) is 0 Å². The Morgan fingerprint density at radius 3 is 2.13 bits per heavy atom. The molecule has 0 unspecified atom stereocenters. The molecule has 0 saturated heterocycles. The van der Waals surface area contributed by atoms with Gasteiger partial charge < -0.3 is 5.32 Å². The summed E-state index contributed by atoms with van der Waals surface area (Å²) in [6.45, 7) is 0. The number of anilines is 1. The van der Waals surface area contributed by atoms with Gasteiger partial charge in [0.15, 0.2) is 11.5 Å².